The highest BCUT2D eigenvalue weighted by Gasteiger charge is 2.22. The van der Waals surface area contributed by atoms with Gasteiger partial charge < -0.3 is 9.84 Å². The standard InChI is InChI=1S/C14H23N3O3/c1-10-13(9-16-6-4-12(18)8-16)11(2)17(15-10)7-5-14(19)20-3/h12,18H,4-9H2,1-3H3/t12-/m0/s1. The van der Waals surface area contributed by atoms with Crippen LogP contribution in [0.1, 0.15) is 29.8 Å². The maximum absolute atomic E-state index is 11.2. The second kappa shape index (κ2) is 6.37. The zero-order valence-electron chi connectivity index (χ0n) is 12.4. The first-order valence-corrected chi connectivity index (χ1v) is 7.01. The van der Waals surface area contributed by atoms with E-state index >= 15 is 0 Å². The van der Waals surface area contributed by atoms with Crippen LogP contribution in [0.15, 0.2) is 0 Å². The van der Waals surface area contributed by atoms with Crippen LogP contribution in [0.25, 0.3) is 0 Å². The van der Waals surface area contributed by atoms with E-state index in [0.29, 0.717) is 13.0 Å². The molecular formula is C14H23N3O3. The molecule has 1 aliphatic rings. The normalized spacial score (nSPS) is 19.5. The van der Waals surface area contributed by atoms with Crippen molar-refractivity contribution in [1.82, 2.24) is 14.7 Å². The van der Waals surface area contributed by atoms with E-state index in [1.54, 1.807) is 0 Å². The van der Waals surface area contributed by atoms with Gasteiger partial charge in [0.15, 0.2) is 0 Å². The molecule has 1 aromatic rings. The Labute approximate surface area is 119 Å². The lowest BCUT2D eigenvalue weighted by atomic mass is 10.2. The monoisotopic (exact) mass is 281 g/mol. The van der Waals surface area contributed by atoms with Gasteiger partial charge >= 0.3 is 5.97 Å². The van der Waals surface area contributed by atoms with E-state index in [1.165, 1.54) is 12.7 Å². The Morgan fingerprint density at radius 2 is 2.25 bits per heavy atom. The summed E-state index contributed by atoms with van der Waals surface area (Å²) in [6.45, 7) is 7.02. The molecule has 2 heterocycles. The highest BCUT2D eigenvalue weighted by atomic mass is 16.5. The summed E-state index contributed by atoms with van der Waals surface area (Å²) < 4.78 is 6.52. The molecule has 1 N–H and O–H groups in total. The molecule has 1 aliphatic heterocycles. The van der Waals surface area contributed by atoms with E-state index < -0.39 is 0 Å². The van der Waals surface area contributed by atoms with Gasteiger partial charge in [0.1, 0.15) is 0 Å². The predicted molar refractivity (Wildman–Crippen MR) is 74.2 cm³/mol. The second-order valence-electron chi connectivity index (χ2n) is 5.38. The third kappa shape index (κ3) is 3.37. The number of carbonyl (C=O) groups excluding carboxylic acids is 1. The van der Waals surface area contributed by atoms with Crippen molar-refractivity contribution >= 4 is 5.97 Å². The minimum absolute atomic E-state index is 0.204. The van der Waals surface area contributed by atoms with Gasteiger partial charge in [-0.25, -0.2) is 0 Å². The highest BCUT2D eigenvalue weighted by molar-refractivity contribution is 5.68. The summed E-state index contributed by atoms with van der Waals surface area (Å²) in [4.78, 5) is 13.4. The van der Waals surface area contributed by atoms with Crippen LogP contribution in [-0.4, -0.2) is 52.1 Å². The van der Waals surface area contributed by atoms with E-state index in [4.69, 9.17) is 0 Å². The zero-order chi connectivity index (χ0) is 14.7. The molecular weight excluding hydrogens is 258 g/mol. The van der Waals surface area contributed by atoms with Gasteiger partial charge in [0.05, 0.1) is 31.9 Å². The van der Waals surface area contributed by atoms with Gasteiger partial charge in [0.25, 0.3) is 0 Å². The van der Waals surface area contributed by atoms with Crippen molar-refractivity contribution in [2.45, 2.75) is 45.9 Å². The van der Waals surface area contributed by atoms with E-state index in [0.717, 1.165) is 37.4 Å². The van der Waals surface area contributed by atoms with Crippen LogP contribution in [-0.2, 0) is 22.6 Å². The molecule has 1 saturated heterocycles. The number of hydrogen-bond donors (Lipinski definition) is 1. The molecule has 0 aliphatic carbocycles. The predicted octanol–water partition coefficient (Wildman–Crippen LogP) is 0.630. The number of aliphatic hydroxyl groups excluding tert-OH is 1. The number of β-amino-alcohol motifs (C(OH)–C–C–N with tert-alkyl or cyclic N) is 1. The smallest absolute Gasteiger partial charge is 0.307 e. The number of esters is 1. The van der Waals surface area contributed by atoms with Crippen molar-refractivity contribution in [2.75, 3.05) is 20.2 Å². The maximum Gasteiger partial charge on any atom is 0.307 e. The first-order chi connectivity index (χ1) is 9.51. The summed E-state index contributed by atoms with van der Waals surface area (Å²) in [5, 5.41) is 14.1. The van der Waals surface area contributed by atoms with Crippen molar-refractivity contribution in [1.29, 1.82) is 0 Å². The summed E-state index contributed by atoms with van der Waals surface area (Å²) >= 11 is 0. The summed E-state index contributed by atoms with van der Waals surface area (Å²) in [7, 11) is 1.40. The molecule has 0 radical (unpaired) electrons. The number of hydrogen-bond acceptors (Lipinski definition) is 5. The van der Waals surface area contributed by atoms with Crippen molar-refractivity contribution in [3.63, 3.8) is 0 Å². The fraction of sp³-hybridized carbons (Fsp3) is 0.714. The second-order valence-corrected chi connectivity index (χ2v) is 5.38. The van der Waals surface area contributed by atoms with E-state index in [2.05, 4.69) is 14.7 Å². The number of aromatic nitrogens is 2. The SMILES string of the molecule is COC(=O)CCn1nc(C)c(CN2CC[C@H](O)C2)c1C. The molecule has 0 amide bonds. The number of rotatable bonds is 5. The third-order valence-electron chi connectivity index (χ3n) is 3.92. The van der Waals surface area contributed by atoms with Gasteiger partial charge in [0, 0.05) is 30.9 Å². The molecule has 20 heavy (non-hydrogen) atoms. The molecule has 1 atom stereocenters. The molecule has 2 rings (SSSR count). The average molecular weight is 281 g/mol. The minimum Gasteiger partial charge on any atom is -0.469 e. The molecule has 0 unspecified atom stereocenters. The maximum atomic E-state index is 11.2. The molecule has 0 aromatic carbocycles. The van der Waals surface area contributed by atoms with Crippen LogP contribution in [0.2, 0.25) is 0 Å². The lowest BCUT2D eigenvalue weighted by Gasteiger charge is -2.15. The van der Waals surface area contributed by atoms with Crippen molar-refractivity contribution < 1.29 is 14.6 Å². The fourth-order valence-corrected chi connectivity index (χ4v) is 2.66. The quantitative estimate of drug-likeness (QED) is 0.802. The Morgan fingerprint density at radius 1 is 1.50 bits per heavy atom. The van der Waals surface area contributed by atoms with Gasteiger partial charge in [-0.1, -0.05) is 0 Å². The van der Waals surface area contributed by atoms with Crippen LogP contribution >= 0.6 is 0 Å². The summed E-state index contributed by atoms with van der Waals surface area (Å²) in [5.74, 6) is -0.221. The number of likely N-dealkylation sites (tertiary alicyclic amines) is 1. The summed E-state index contributed by atoms with van der Waals surface area (Å²) in [6.07, 6.45) is 0.972. The fourth-order valence-electron chi connectivity index (χ4n) is 2.66. The Balaban J connectivity index is 2.02. The number of carbonyl (C=O) groups is 1. The number of nitrogens with zero attached hydrogens (tertiary/aromatic N) is 3. The lowest BCUT2D eigenvalue weighted by Crippen LogP contribution is -2.22. The van der Waals surface area contributed by atoms with Crippen LogP contribution < -0.4 is 0 Å². The van der Waals surface area contributed by atoms with Crippen LogP contribution in [0.3, 0.4) is 0 Å². The number of aryl methyl sites for hydroxylation is 2. The largest absolute Gasteiger partial charge is 0.469 e. The Morgan fingerprint density at radius 3 is 2.85 bits per heavy atom. The number of methoxy groups -OCH3 is 1. The molecule has 6 heteroatoms. The lowest BCUT2D eigenvalue weighted by molar-refractivity contribution is -0.140. The van der Waals surface area contributed by atoms with Crippen molar-refractivity contribution in [3.05, 3.63) is 17.0 Å². The average Bonchev–Trinajstić information content (AvgIpc) is 2.94. The summed E-state index contributed by atoms with van der Waals surface area (Å²) in [5.41, 5.74) is 3.28. The number of ether oxygens (including phenoxy) is 1. The summed E-state index contributed by atoms with van der Waals surface area (Å²) in [6, 6.07) is 0. The van der Waals surface area contributed by atoms with Gasteiger partial charge in [-0.2, -0.15) is 5.10 Å². The molecule has 1 fully saturated rings. The van der Waals surface area contributed by atoms with Crippen molar-refractivity contribution in [3.8, 4) is 0 Å². The number of aliphatic hydroxyl groups is 1. The minimum atomic E-state index is -0.221. The molecule has 1 aromatic heterocycles. The topological polar surface area (TPSA) is 67.6 Å². The highest BCUT2D eigenvalue weighted by Crippen LogP contribution is 2.19. The Hall–Kier alpha value is -1.40. The van der Waals surface area contributed by atoms with Gasteiger partial charge in [-0.05, 0) is 20.3 Å². The zero-order valence-corrected chi connectivity index (χ0v) is 12.4. The molecule has 6 nitrogen and oxygen atoms in total. The van der Waals surface area contributed by atoms with E-state index in [-0.39, 0.29) is 12.1 Å². The van der Waals surface area contributed by atoms with Gasteiger partial charge in [0.2, 0.25) is 0 Å². The molecule has 112 valence electrons. The van der Waals surface area contributed by atoms with Crippen LogP contribution in [0, 0.1) is 13.8 Å². The molecule has 0 saturated carbocycles. The third-order valence-corrected chi connectivity index (χ3v) is 3.92. The molecule has 0 spiro atoms. The first kappa shape index (κ1) is 15.0. The Bertz CT molecular complexity index is 484. The molecule has 0 bridgehead atoms. The van der Waals surface area contributed by atoms with Gasteiger partial charge in [-0.3, -0.25) is 14.4 Å². The first-order valence-electron chi connectivity index (χ1n) is 7.01. The van der Waals surface area contributed by atoms with Gasteiger partial charge in [-0.15, -0.1) is 0 Å². The Kier molecular flexibility index (Phi) is 4.77. The van der Waals surface area contributed by atoms with Crippen molar-refractivity contribution in [2.24, 2.45) is 0 Å². The van der Waals surface area contributed by atoms with E-state index in [9.17, 15) is 9.90 Å². The van der Waals surface area contributed by atoms with Crippen LogP contribution in [0.4, 0.5) is 0 Å². The van der Waals surface area contributed by atoms with E-state index in [1.807, 2.05) is 18.5 Å². The van der Waals surface area contributed by atoms with Crippen LogP contribution in [0.5, 0.6) is 0 Å².